The molecule has 0 radical (unpaired) electrons. The van der Waals surface area contributed by atoms with Crippen molar-refractivity contribution in [1.29, 1.82) is 0 Å². The van der Waals surface area contributed by atoms with Crippen LogP contribution in [-0.2, 0) is 11.3 Å². The summed E-state index contributed by atoms with van der Waals surface area (Å²) in [6, 6.07) is 3.20. The van der Waals surface area contributed by atoms with Crippen molar-refractivity contribution in [2.75, 3.05) is 6.54 Å². The molecule has 0 aliphatic heterocycles. The van der Waals surface area contributed by atoms with Gasteiger partial charge in [0.15, 0.2) is 0 Å². The van der Waals surface area contributed by atoms with Gasteiger partial charge in [0, 0.05) is 6.42 Å². The fourth-order valence-corrected chi connectivity index (χ4v) is 4.02. The first-order valence-electron chi connectivity index (χ1n) is 7.77. The zero-order valence-electron chi connectivity index (χ0n) is 12.3. The summed E-state index contributed by atoms with van der Waals surface area (Å²) < 4.78 is 43.3. The van der Waals surface area contributed by atoms with Crippen LogP contribution in [0.1, 0.15) is 37.9 Å². The van der Waals surface area contributed by atoms with Gasteiger partial charge >= 0.3 is 6.18 Å². The molecule has 122 valence electrons. The number of nitrogens with zero attached hydrogens (tertiary/aromatic N) is 1. The van der Waals surface area contributed by atoms with E-state index in [0.717, 1.165) is 24.2 Å². The average molecular weight is 315 g/mol. The maximum Gasteiger partial charge on any atom is 0.406 e. The molecule has 3 unspecified atom stereocenters. The lowest BCUT2D eigenvalue weighted by molar-refractivity contribution is -0.163. The number of amides is 1. The highest BCUT2D eigenvalue weighted by Crippen LogP contribution is 2.49. The molecule has 0 spiro atoms. The molecular formula is C16H20F3NO2. The summed E-state index contributed by atoms with van der Waals surface area (Å²) in [4.78, 5) is 13.2. The highest BCUT2D eigenvalue weighted by molar-refractivity contribution is 5.76. The van der Waals surface area contributed by atoms with E-state index in [4.69, 9.17) is 4.42 Å². The largest absolute Gasteiger partial charge is 0.467 e. The van der Waals surface area contributed by atoms with Crippen molar-refractivity contribution in [3.05, 3.63) is 24.2 Å². The standard InChI is InChI=1S/C16H20F3NO2/c17-16(18,19)10-20(9-14-2-1-5-22-14)15(21)8-13-7-11-3-4-12(13)6-11/h1-2,5,11-13H,3-4,6-10H2. The fourth-order valence-electron chi connectivity index (χ4n) is 4.02. The molecule has 2 aliphatic carbocycles. The van der Waals surface area contributed by atoms with Crippen molar-refractivity contribution < 1.29 is 22.4 Å². The average Bonchev–Trinajstić information content (AvgIpc) is 3.12. The molecule has 3 atom stereocenters. The van der Waals surface area contributed by atoms with E-state index in [1.165, 1.54) is 12.7 Å². The lowest BCUT2D eigenvalue weighted by atomic mass is 9.86. The van der Waals surface area contributed by atoms with Crippen molar-refractivity contribution in [2.45, 2.75) is 44.8 Å². The summed E-state index contributed by atoms with van der Waals surface area (Å²) >= 11 is 0. The maximum absolute atomic E-state index is 12.7. The molecule has 2 aliphatic rings. The summed E-state index contributed by atoms with van der Waals surface area (Å²) in [6.45, 7) is -1.33. The Morgan fingerprint density at radius 3 is 2.68 bits per heavy atom. The second-order valence-corrected chi connectivity index (χ2v) is 6.58. The molecule has 22 heavy (non-hydrogen) atoms. The molecule has 0 N–H and O–H groups in total. The number of fused-ring (bicyclic) bond motifs is 2. The fraction of sp³-hybridized carbons (Fsp3) is 0.688. The molecule has 1 aromatic rings. The lowest BCUT2D eigenvalue weighted by Gasteiger charge is -2.27. The Kier molecular flexibility index (Phi) is 4.19. The second kappa shape index (κ2) is 5.97. The van der Waals surface area contributed by atoms with Crippen molar-refractivity contribution in [3.8, 4) is 0 Å². The van der Waals surface area contributed by atoms with Crippen LogP contribution in [0.2, 0.25) is 0 Å². The normalized spacial score (nSPS) is 27.3. The maximum atomic E-state index is 12.7. The van der Waals surface area contributed by atoms with Crippen molar-refractivity contribution in [3.63, 3.8) is 0 Å². The van der Waals surface area contributed by atoms with Crippen LogP contribution in [0, 0.1) is 17.8 Å². The van der Waals surface area contributed by atoms with Gasteiger partial charge in [0.05, 0.1) is 12.8 Å². The third-order valence-corrected chi connectivity index (χ3v) is 4.97. The summed E-state index contributed by atoms with van der Waals surface area (Å²) in [5.74, 6) is 1.45. The van der Waals surface area contributed by atoms with E-state index in [1.54, 1.807) is 12.1 Å². The summed E-state index contributed by atoms with van der Waals surface area (Å²) in [6.07, 6.45) is 1.73. The molecule has 3 nitrogen and oxygen atoms in total. The van der Waals surface area contributed by atoms with Gasteiger partial charge in [-0.25, -0.2) is 0 Å². The van der Waals surface area contributed by atoms with Gasteiger partial charge < -0.3 is 9.32 Å². The number of rotatable bonds is 5. The van der Waals surface area contributed by atoms with Gasteiger partial charge in [-0.15, -0.1) is 0 Å². The molecule has 6 heteroatoms. The first kappa shape index (κ1) is 15.4. The van der Waals surface area contributed by atoms with Crippen LogP contribution in [0.15, 0.2) is 22.8 Å². The van der Waals surface area contributed by atoms with E-state index in [1.807, 2.05) is 0 Å². The Morgan fingerprint density at radius 2 is 2.14 bits per heavy atom. The SMILES string of the molecule is O=C(CC1CC2CCC1C2)N(Cc1ccco1)CC(F)(F)F. The predicted octanol–water partition coefficient (Wildman–Crippen LogP) is 4.00. The Bertz CT molecular complexity index is 512. The Hall–Kier alpha value is -1.46. The van der Waals surface area contributed by atoms with Gasteiger partial charge in [-0.05, 0) is 49.1 Å². The number of alkyl halides is 3. The minimum absolute atomic E-state index is 0.119. The first-order chi connectivity index (χ1) is 10.4. The van der Waals surface area contributed by atoms with Crippen LogP contribution in [0.3, 0.4) is 0 Å². The molecule has 1 heterocycles. The Balaban J connectivity index is 1.63. The van der Waals surface area contributed by atoms with Crippen LogP contribution in [0.5, 0.6) is 0 Å². The second-order valence-electron chi connectivity index (χ2n) is 6.58. The van der Waals surface area contributed by atoms with E-state index in [0.29, 0.717) is 17.6 Å². The van der Waals surface area contributed by atoms with Crippen LogP contribution < -0.4 is 0 Å². The van der Waals surface area contributed by atoms with E-state index >= 15 is 0 Å². The first-order valence-corrected chi connectivity index (χ1v) is 7.77. The highest BCUT2D eigenvalue weighted by atomic mass is 19.4. The summed E-state index contributed by atoms with van der Waals surface area (Å²) in [5, 5.41) is 0. The topological polar surface area (TPSA) is 33.5 Å². The molecule has 1 aromatic heterocycles. The van der Waals surface area contributed by atoms with Crippen LogP contribution in [0.4, 0.5) is 13.2 Å². The van der Waals surface area contributed by atoms with E-state index < -0.39 is 18.6 Å². The predicted molar refractivity (Wildman–Crippen MR) is 73.7 cm³/mol. The van der Waals surface area contributed by atoms with Gasteiger partial charge in [0.1, 0.15) is 12.3 Å². The van der Waals surface area contributed by atoms with E-state index in [-0.39, 0.29) is 18.9 Å². The molecule has 2 bridgehead atoms. The molecule has 1 amide bonds. The molecular weight excluding hydrogens is 295 g/mol. The number of carbonyl (C=O) groups is 1. The van der Waals surface area contributed by atoms with E-state index in [2.05, 4.69) is 0 Å². The quantitative estimate of drug-likeness (QED) is 0.823. The molecule has 3 rings (SSSR count). The zero-order valence-corrected chi connectivity index (χ0v) is 12.3. The zero-order chi connectivity index (χ0) is 15.7. The minimum Gasteiger partial charge on any atom is -0.467 e. The third-order valence-electron chi connectivity index (χ3n) is 4.97. The van der Waals surface area contributed by atoms with Gasteiger partial charge in [-0.2, -0.15) is 13.2 Å². The number of furan rings is 1. The Morgan fingerprint density at radius 1 is 1.32 bits per heavy atom. The van der Waals surface area contributed by atoms with Gasteiger partial charge in [-0.1, -0.05) is 6.42 Å². The van der Waals surface area contributed by atoms with Crippen LogP contribution >= 0.6 is 0 Å². The van der Waals surface area contributed by atoms with Gasteiger partial charge in [0.25, 0.3) is 0 Å². The molecule has 2 fully saturated rings. The molecule has 2 saturated carbocycles. The molecule has 0 aromatic carbocycles. The van der Waals surface area contributed by atoms with Gasteiger partial charge in [0.2, 0.25) is 5.91 Å². The van der Waals surface area contributed by atoms with Crippen LogP contribution in [0.25, 0.3) is 0 Å². The van der Waals surface area contributed by atoms with Crippen molar-refractivity contribution in [1.82, 2.24) is 4.90 Å². The molecule has 0 saturated heterocycles. The monoisotopic (exact) mass is 315 g/mol. The van der Waals surface area contributed by atoms with Crippen LogP contribution in [-0.4, -0.2) is 23.5 Å². The summed E-state index contributed by atoms with van der Waals surface area (Å²) in [7, 11) is 0. The smallest absolute Gasteiger partial charge is 0.406 e. The number of halogens is 3. The highest BCUT2D eigenvalue weighted by Gasteiger charge is 2.41. The van der Waals surface area contributed by atoms with Crippen molar-refractivity contribution >= 4 is 5.91 Å². The minimum atomic E-state index is -4.39. The number of carbonyl (C=O) groups excluding carboxylic acids is 1. The number of hydrogen-bond donors (Lipinski definition) is 0. The summed E-state index contributed by atoms with van der Waals surface area (Å²) in [5.41, 5.74) is 0. The van der Waals surface area contributed by atoms with E-state index in [9.17, 15) is 18.0 Å². The third kappa shape index (κ3) is 3.65. The lowest BCUT2D eigenvalue weighted by Crippen LogP contribution is -2.39. The number of hydrogen-bond acceptors (Lipinski definition) is 2. The van der Waals surface area contributed by atoms with Gasteiger partial charge in [-0.3, -0.25) is 4.79 Å². The van der Waals surface area contributed by atoms with Crippen molar-refractivity contribution in [2.24, 2.45) is 17.8 Å². The Labute approximate surface area is 127 Å².